The van der Waals surface area contributed by atoms with Crippen LogP contribution >= 0.6 is 0 Å². The predicted molar refractivity (Wildman–Crippen MR) is 106 cm³/mol. The van der Waals surface area contributed by atoms with Gasteiger partial charge in [-0.25, -0.2) is 0 Å². The molecule has 0 saturated carbocycles. The van der Waals surface area contributed by atoms with Crippen molar-refractivity contribution in [2.45, 2.75) is 57.4 Å². The van der Waals surface area contributed by atoms with Crippen molar-refractivity contribution in [1.82, 2.24) is 10.6 Å². The second-order valence-electron chi connectivity index (χ2n) is 6.99. The Morgan fingerprint density at radius 1 is 1.07 bits per heavy atom. The van der Waals surface area contributed by atoms with Crippen LogP contribution in [0.5, 0.6) is 0 Å². The summed E-state index contributed by atoms with van der Waals surface area (Å²) >= 11 is 0. The molecule has 5 N–H and O–H groups in total. The number of benzene rings is 1. The molecule has 29 heavy (non-hydrogen) atoms. The monoisotopic (exact) mass is 402 g/mol. The standard InChI is InChI=1S/C20H26N4O5/c21-16(25)8-3-1-2-4-9-17(26)22-14-7-5-6-13(12-14)19(28)23-15-10-11-18(27)24-20(15)29/h5-7,12,15H,1-4,8-11H2,(H2,21,25)(H,22,26)(H,23,28)(H,24,27,29). The maximum absolute atomic E-state index is 12.4. The molecule has 1 aliphatic heterocycles. The first kappa shape index (κ1) is 22.1. The van der Waals surface area contributed by atoms with Crippen LogP contribution in [0.1, 0.15) is 61.7 Å². The molecule has 5 amide bonds. The predicted octanol–water partition coefficient (Wildman–Crippen LogP) is 0.986. The Balaban J connectivity index is 1.78. The van der Waals surface area contributed by atoms with Gasteiger partial charge in [0.15, 0.2) is 0 Å². The van der Waals surface area contributed by atoms with E-state index in [-0.39, 0.29) is 30.6 Å². The van der Waals surface area contributed by atoms with Gasteiger partial charge in [0.2, 0.25) is 23.6 Å². The van der Waals surface area contributed by atoms with E-state index in [1.807, 2.05) is 0 Å². The van der Waals surface area contributed by atoms with Gasteiger partial charge >= 0.3 is 0 Å². The summed E-state index contributed by atoms with van der Waals surface area (Å²) in [6.07, 6.45) is 4.22. The molecule has 9 heteroatoms. The Hall–Kier alpha value is -3.23. The Morgan fingerprint density at radius 2 is 1.79 bits per heavy atom. The molecule has 0 spiro atoms. The molecule has 0 bridgehead atoms. The normalized spacial score (nSPS) is 16.1. The first-order valence-electron chi connectivity index (χ1n) is 9.68. The lowest BCUT2D eigenvalue weighted by atomic mass is 10.1. The number of unbranched alkanes of at least 4 members (excludes halogenated alkanes) is 3. The third-order valence-corrected chi connectivity index (χ3v) is 4.53. The highest BCUT2D eigenvalue weighted by Crippen LogP contribution is 2.13. The highest BCUT2D eigenvalue weighted by molar-refractivity contribution is 6.04. The van der Waals surface area contributed by atoms with Crippen LogP contribution in [0.25, 0.3) is 0 Å². The van der Waals surface area contributed by atoms with E-state index in [1.165, 1.54) is 6.07 Å². The zero-order valence-electron chi connectivity index (χ0n) is 16.2. The molecule has 156 valence electrons. The van der Waals surface area contributed by atoms with Gasteiger partial charge in [-0.1, -0.05) is 18.9 Å². The molecule has 1 heterocycles. The molecule has 1 unspecified atom stereocenters. The molecule has 1 atom stereocenters. The average molecular weight is 402 g/mol. The number of imide groups is 1. The van der Waals surface area contributed by atoms with Crippen molar-refractivity contribution < 1.29 is 24.0 Å². The number of amides is 5. The van der Waals surface area contributed by atoms with Crippen molar-refractivity contribution in [2.24, 2.45) is 5.73 Å². The van der Waals surface area contributed by atoms with Gasteiger partial charge in [0.05, 0.1) is 0 Å². The van der Waals surface area contributed by atoms with Gasteiger partial charge in [0.1, 0.15) is 6.04 Å². The van der Waals surface area contributed by atoms with Crippen LogP contribution in [0, 0.1) is 0 Å². The van der Waals surface area contributed by atoms with Crippen LogP contribution in [0.4, 0.5) is 5.69 Å². The lowest BCUT2D eigenvalue weighted by Crippen LogP contribution is -2.52. The molecule has 1 aliphatic rings. The number of primary amides is 1. The molecule has 1 aromatic carbocycles. The minimum absolute atomic E-state index is 0.164. The van der Waals surface area contributed by atoms with Crippen LogP contribution in [-0.4, -0.2) is 35.6 Å². The highest BCUT2D eigenvalue weighted by Gasteiger charge is 2.28. The second kappa shape index (κ2) is 10.9. The van der Waals surface area contributed by atoms with Crippen molar-refractivity contribution in [3.05, 3.63) is 29.8 Å². The summed E-state index contributed by atoms with van der Waals surface area (Å²) in [4.78, 5) is 58.0. The van der Waals surface area contributed by atoms with Crippen molar-refractivity contribution >= 4 is 35.2 Å². The van der Waals surface area contributed by atoms with Crippen LogP contribution in [0.3, 0.4) is 0 Å². The molecule has 0 radical (unpaired) electrons. The number of carbonyl (C=O) groups is 5. The van der Waals surface area contributed by atoms with Crippen LogP contribution in [0.15, 0.2) is 24.3 Å². The summed E-state index contributed by atoms with van der Waals surface area (Å²) in [6.45, 7) is 0. The summed E-state index contributed by atoms with van der Waals surface area (Å²) in [7, 11) is 0. The SMILES string of the molecule is NC(=O)CCCCCCC(=O)Nc1cccc(C(=O)NC2CCC(=O)NC2=O)c1. The van der Waals surface area contributed by atoms with Gasteiger partial charge in [-0.15, -0.1) is 0 Å². The lowest BCUT2D eigenvalue weighted by molar-refractivity contribution is -0.134. The van der Waals surface area contributed by atoms with Gasteiger partial charge < -0.3 is 16.4 Å². The molecular formula is C20H26N4O5. The summed E-state index contributed by atoms with van der Waals surface area (Å²) < 4.78 is 0. The highest BCUT2D eigenvalue weighted by atomic mass is 16.2. The first-order valence-corrected chi connectivity index (χ1v) is 9.68. The zero-order chi connectivity index (χ0) is 21.2. The molecular weight excluding hydrogens is 376 g/mol. The smallest absolute Gasteiger partial charge is 0.252 e. The largest absolute Gasteiger partial charge is 0.370 e. The van der Waals surface area contributed by atoms with Crippen molar-refractivity contribution in [3.63, 3.8) is 0 Å². The van der Waals surface area contributed by atoms with Crippen molar-refractivity contribution in [1.29, 1.82) is 0 Å². The molecule has 1 saturated heterocycles. The first-order chi connectivity index (χ1) is 13.8. The third-order valence-electron chi connectivity index (χ3n) is 4.53. The summed E-state index contributed by atoms with van der Waals surface area (Å²) in [5.74, 6) is -1.80. The van der Waals surface area contributed by atoms with Gasteiger partial charge in [-0.05, 0) is 37.5 Å². The Morgan fingerprint density at radius 3 is 2.48 bits per heavy atom. The lowest BCUT2D eigenvalue weighted by Gasteiger charge is -2.21. The summed E-state index contributed by atoms with van der Waals surface area (Å²) in [5, 5.41) is 7.54. The van der Waals surface area contributed by atoms with E-state index in [0.29, 0.717) is 30.5 Å². The topological polar surface area (TPSA) is 147 Å². The van der Waals surface area contributed by atoms with E-state index < -0.39 is 17.9 Å². The van der Waals surface area contributed by atoms with Crippen LogP contribution in [0.2, 0.25) is 0 Å². The third kappa shape index (κ3) is 7.73. The van der Waals surface area contributed by atoms with E-state index in [2.05, 4.69) is 16.0 Å². The maximum Gasteiger partial charge on any atom is 0.252 e. The van der Waals surface area contributed by atoms with E-state index in [9.17, 15) is 24.0 Å². The van der Waals surface area contributed by atoms with Gasteiger partial charge in [-0.3, -0.25) is 29.3 Å². The van der Waals surface area contributed by atoms with Gasteiger partial charge in [0, 0.05) is 30.5 Å². The van der Waals surface area contributed by atoms with Crippen LogP contribution < -0.4 is 21.7 Å². The number of piperidine rings is 1. The fourth-order valence-electron chi connectivity index (χ4n) is 2.97. The zero-order valence-corrected chi connectivity index (χ0v) is 16.2. The molecule has 0 aliphatic carbocycles. The molecule has 0 aromatic heterocycles. The van der Waals surface area contributed by atoms with Crippen molar-refractivity contribution in [3.8, 4) is 0 Å². The molecule has 1 aromatic rings. The summed E-state index contributed by atoms with van der Waals surface area (Å²) in [6, 6.07) is 5.67. The van der Waals surface area contributed by atoms with E-state index >= 15 is 0 Å². The number of hydrogen-bond acceptors (Lipinski definition) is 5. The van der Waals surface area contributed by atoms with Gasteiger partial charge in [0.25, 0.3) is 5.91 Å². The van der Waals surface area contributed by atoms with Crippen molar-refractivity contribution in [2.75, 3.05) is 5.32 Å². The Kier molecular flexibility index (Phi) is 8.32. The summed E-state index contributed by atoms with van der Waals surface area (Å²) in [5.41, 5.74) is 5.87. The number of hydrogen-bond donors (Lipinski definition) is 4. The number of nitrogens with one attached hydrogen (secondary N) is 3. The Bertz CT molecular complexity index is 793. The number of nitrogens with two attached hydrogens (primary N) is 1. The van der Waals surface area contributed by atoms with E-state index in [4.69, 9.17) is 5.73 Å². The number of rotatable bonds is 10. The van der Waals surface area contributed by atoms with Crippen LogP contribution in [-0.2, 0) is 19.2 Å². The maximum atomic E-state index is 12.4. The Labute approximate surface area is 168 Å². The fraction of sp³-hybridized carbons (Fsp3) is 0.450. The minimum Gasteiger partial charge on any atom is -0.370 e. The average Bonchev–Trinajstić information content (AvgIpc) is 2.66. The second-order valence-corrected chi connectivity index (χ2v) is 6.99. The number of anilines is 1. The molecule has 1 fully saturated rings. The van der Waals surface area contributed by atoms with Gasteiger partial charge in [-0.2, -0.15) is 0 Å². The molecule has 9 nitrogen and oxygen atoms in total. The van der Waals surface area contributed by atoms with E-state index in [1.54, 1.807) is 18.2 Å². The fourth-order valence-corrected chi connectivity index (χ4v) is 2.97. The number of carbonyl (C=O) groups excluding carboxylic acids is 5. The molecule has 2 rings (SSSR count). The quantitative estimate of drug-likeness (QED) is 0.340. The minimum atomic E-state index is -0.756. The van der Waals surface area contributed by atoms with E-state index in [0.717, 1.165) is 19.3 Å².